The summed E-state index contributed by atoms with van der Waals surface area (Å²) in [4.78, 5) is 37.8. The standard InChI is InChI=1S/C18H22O7/c1-7(2)22-17-14(20)12-9(5)24-10-6-11(19)25-16(10)13(12)15(21)18(17)23-8(3)4/h7-10,16H,6H2,1-5H3/t9-,10-,16+/m0/s1. The lowest BCUT2D eigenvalue weighted by molar-refractivity contribution is -0.142. The molecular weight excluding hydrogens is 328 g/mol. The first-order valence-corrected chi connectivity index (χ1v) is 8.46. The van der Waals surface area contributed by atoms with Crippen LogP contribution in [0, 0.1) is 0 Å². The molecule has 0 unspecified atom stereocenters. The first-order chi connectivity index (χ1) is 11.7. The Bertz CT molecular complexity index is 698. The van der Waals surface area contributed by atoms with Crippen molar-refractivity contribution in [3.8, 4) is 0 Å². The third-order valence-electron chi connectivity index (χ3n) is 4.14. The van der Waals surface area contributed by atoms with Crippen LogP contribution in [0.4, 0.5) is 0 Å². The van der Waals surface area contributed by atoms with Gasteiger partial charge in [0.15, 0.2) is 6.10 Å². The molecule has 0 N–H and O–H groups in total. The van der Waals surface area contributed by atoms with Gasteiger partial charge in [-0.1, -0.05) is 0 Å². The molecule has 1 saturated heterocycles. The number of fused-ring (bicyclic) bond motifs is 2. The van der Waals surface area contributed by atoms with E-state index in [1.807, 2.05) is 0 Å². The highest BCUT2D eigenvalue weighted by atomic mass is 16.6. The van der Waals surface area contributed by atoms with Crippen molar-refractivity contribution in [2.24, 2.45) is 0 Å². The molecule has 0 amide bonds. The smallest absolute Gasteiger partial charge is 0.309 e. The number of hydrogen-bond acceptors (Lipinski definition) is 7. The van der Waals surface area contributed by atoms with Gasteiger partial charge in [-0.15, -0.1) is 0 Å². The number of Topliss-reactive ketones (excluding diaryl/α,β-unsaturated/α-hetero) is 2. The molecular formula is C18H22O7. The fourth-order valence-corrected chi connectivity index (χ4v) is 3.30. The zero-order valence-electron chi connectivity index (χ0n) is 15.0. The lowest BCUT2D eigenvalue weighted by atomic mass is 9.82. The van der Waals surface area contributed by atoms with E-state index in [4.69, 9.17) is 18.9 Å². The molecule has 3 rings (SSSR count). The van der Waals surface area contributed by atoms with E-state index in [9.17, 15) is 14.4 Å². The Morgan fingerprint density at radius 1 is 0.920 bits per heavy atom. The fourth-order valence-electron chi connectivity index (χ4n) is 3.30. The molecule has 2 aliphatic heterocycles. The number of hydrogen-bond donors (Lipinski definition) is 0. The quantitative estimate of drug-likeness (QED) is 0.562. The molecule has 0 aromatic heterocycles. The minimum Gasteiger partial charge on any atom is -0.483 e. The summed E-state index contributed by atoms with van der Waals surface area (Å²) in [6.07, 6.45) is -2.64. The maximum absolute atomic E-state index is 13.1. The Kier molecular flexibility index (Phi) is 4.45. The van der Waals surface area contributed by atoms with Gasteiger partial charge in [-0.05, 0) is 34.6 Å². The van der Waals surface area contributed by atoms with E-state index in [2.05, 4.69) is 0 Å². The summed E-state index contributed by atoms with van der Waals surface area (Å²) in [5, 5.41) is 0. The van der Waals surface area contributed by atoms with Crippen molar-refractivity contribution in [3.63, 3.8) is 0 Å². The van der Waals surface area contributed by atoms with Crippen LogP contribution in [0.15, 0.2) is 22.7 Å². The Labute approximate surface area is 145 Å². The van der Waals surface area contributed by atoms with Crippen molar-refractivity contribution in [1.29, 1.82) is 0 Å². The van der Waals surface area contributed by atoms with E-state index in [0.29, 0.717) is 0 Å². The average molecular weight is 350 g/mol. The lowest BCUT2D eigenvalue weighted by Crippen LogP contribution is -2.45. The molecule has 3 aliphatic rings. The van der Waals surface area contributed by atoms with Crippen LogP contribution >= 0.6 is 0 Å². The van der Waals surface area contributed by atoms with Crippen LogP contribution in [0.2, 0.25) is 0 Å². The second-order valence-corrected chi connectivity index (χ2v) is 6.91. The van der Waals surface area contributed by atoms with E-state index in [1.165, 1.54) is 0 Å². The number of ether oxygens (including phenoxy) is 4. The average Bonchev–Trinajstić information content (AvgIpc) is 2.86. The number of rotatable bonds is 4. The molecule has 1 fully saturated rings. The van der Waals surface area contributed by atoms with Crippen molar-refractivity contribution in [2.45, 2.75) is 71.6 Å². The molecule has 2 heterocycles. The third-order valence-corrected chi connectivity index (χ3v) is 4.14. The van der Waals surface area contributed by atoms with Gasteiger partial charge in [0.2, 0.25) is 23.1 Å². The molecule has 25 heavy (non-hydrogen) atoms. The molecule has 0 saturated carbocycles. The highest BCUT2D eigenvalue weighted by Crippen LogP contribution is 2.40. The van der Waals surface area contributed by atoms with E-state index < -0.39 is 35.8 Å². The molecule has 3 atom stereocenters. The van der Waals surface area contributed by atoms with Crippen LogP contribution in [-0.2, 0) is 33.3 Å². The zero-order chi connectivity index (χ0) is 18.5. The Morgan fingerprint density at radius 3 is 1.96 bits per heavy atom. The molecule has 0 spiro atoms. The van der Waals surface area contributed by atoms with Gasteiger partial charge in [0, 0.05) is 5.57 Å². The number of esters is 1. The molecule has 0 bridgehead atoms. The summed E-state index contributed by atoms with van der Waals surface area (Å²) in [7, 11) is 0. The molecule has 7 nitrogen and oxygen atoms in total. The number of ketones is 2. The van der Waals surface area contributed by atoms with E-state index >= 15 is 0 Å². The molecule has 1 aliphatic carbocycles. The first-order valence-electron chi connectivity index (χ1n) is 8.46. The van der Waals surface area contributed by atoms with Gasteiger partial charge >= 0.3 is 5.97 Å². The van der Waals surface area contributed by atoms with Gasteiger partial charge in [0.05, 0.1) is 30.3 Å². The van der Waals surface area contributed by atoms with Gasteiger partial charge in [-0.3, -0.25) is 14.4 Å². The fraction of sp³-hybridized carbons (Fsp3) is 0.611. The summed E-state index contributed by atoms with van der Waals surface area (Å²) in [5.74, 6) is -1.60. The Balaban J connectivity index is 2.10. The summed E-state index contributed by atoms with van der Waals surface area (Å²) >= 11 is 0. The highest BCUT2D eigenvalue weighted by Gasteiger charge is 2.52. The second kappa shape index (κ2) is 6.29. The summed E-state index contributed by atoms with van der Waals surface area (Å²) in [6, 6.07) is 0. The van der Waals surface area contributed by atoms with Gasteiger partial charge in [0.25, 0.3) is 0 Å². The second-order valence-electron chi connectivity index (χ2n) is 6.91. The van der Waals surface area contributed by atoms with E-state index in [-0.39, 0.29) is 41.3 Å². The predicted octanol–water partition coefficient (Wildman–Crippen LogP) is 1.60. The van der Waals surface area contributed by atoms with Gasteiger partial charge in [-0.2, -0.15) is 0 Å². The predicted molar refractivity (Wildman–Crippen MR) is 85.3 cm³/mol. The minimum absolute atomic E-state index is 0.0622. The van der Waals surface area contributed by atoms with Crippen LogP contribution in [-0.4, -0.2) is 48.1 Å². The summed E-state index contributed by atoms with van der Waals surface area (Å²) in [5.41, 5.74) is 0.346. The molecule has 0 radical (unpaired) electrons. The van der Waals surface area contributed by atoms with Crippen LogP contribution in [0.1, 0.15) is 41.0 Å². The topological polar surface area (TPSA) is 88.1 Å². The van der Waals surface area contributed by atoms with Crippen LogP contribution in [0.25, 0.3) is 0 Å². The van der Waals surface area contributed by atoms with Crippen molar-refractivity contribution >= 4 is 17.5 Å². The SMILES string of the molecule is CC(C)OC1=C(OC(C)C)C(=O)C2=C(C1=O)[C@H](C)O[C@H]1CC(=O)O[C@@H]21. The molecule has 0 aromatic rings. The highest BCUT2D eigenvalue weighted by molar-refractivity contribution is 6.24. The maximum atomic E-state index is 13.1. The third kappa shape index (κ3) is 2.97. The monoisotopic (exact) mass is 350 g/mol. The summed E-state index contributed by atoms with van der Waals surface area (Å²) < 4.78 is 22.2. The minimum atomic E-state index is -0.874. The normalized spacial score (nSPS) is 29.2. The largest absolute Gasteiger partial charge is 0.483 e. The van der Waals surface area contributed by atoms with Crippen molar-refractivity contribution in [2.75, 3.05) is 0 Å². The number of allylic oxidation sites excluding steroid dienone is 2. The van der Waals surface area contributed by atoms with E-state index in [1.54, 1.807) is 34.6 Å². The van der Waals surface area contributed by atoms with Crippen LogP contribution in [0.5, 0.6) is 0 Å². The van der Waals surface area contributed by atoms with Crippen LogP contribution < -0.4 is 0 Å². The summed E-state index contributed by atoms with van der Waals surface area (Å²) in [6.45, 7) is 8.72. The number of carbonyl (C=O) groups excluding carboxylic acids is 3. The Morgan fingerprint density at radius 2 is 1.44 bits per heavy atom. The van der Waals surface area contributed by atoms with E-state index in [0.717, 1.165) is 0 Å². The first kappa shape index (κ1) is 17.7. The number of carbonyl (C=O) groups is 3. The Hall–Kier alpha value is -2.15. The maximum Gasteiger partial charge on any atom is 0.309 e. The van der Waals surface area contributed by atoms with Crippen molar-refractivity contribution in [1.82, 2.24) is 0 Å². The van der Waals surface area contributed by atoms with Gasteiger partial charge in [-0.25, -0.2) is 0 Å². The van der Waals surface area contributed by atoms with Crippen LogP contribution in [0.3, 0.4) is 0 Å². The van der Waals surface area contributed by atoms with Crippen molar-refractivity contribution in [3.05, 3.63) is 22.7 Å². The lowest BCUT2D eigenvalue weighted by Gasteiger charge is -2.35. The zero-order valence-corrected chi connectivity index (χ0v) is 15.0. The molecule has 0 aromatic carbocycles. The van der Waals surface area contributed by atoms with Gasteiger partial charge < -0.3 is 18.9 Å². The molecule has 136 valence electrons. The van der Waals surface area contributed by atoms with Gasteiger partial charge in [0.1, 0.15) is 6.10 Å². The molecule has 7 heteroatoms. The van der Waals surface area contributed by atoms with Crippen molar-refractivity contribution < 1.29 is 33.3 Å².